The molecule has 1 saturated heterocycles. The van der Waals surface area contributed by atoms with Gasteiger partial charge >= 0.3 is 0 Å². The van der Waals surface area contributed by atoms with Crippen LogP contribution in [0.3, 0.4) is 0 Å². The second-order valence-corrected chi connectivity index (χ2v) is 6.18. The van der Waals surface area contributed by atoms with Gasteiger partial charge in [-0.2, -0.15) is 11.8 Å². The molecule has 5 heteroatoms. The van der Waals surface area contributed by atoms with E-state index in [0.29, 0.717) is 6.54 Å². The number of halogens is 1. The third kappa shape index (κ3) is 4.71. The van der Waals surface area contributed by atoms with E-state index >= 15 is 0 Å². The molecule has 1 amide bonds. The number of alkyl halides is 1. The van der Waals surface area contributed by atoms with E-state index in [0.717, 1.165) is 25.2 Å². The summed E-state index contributed by atoms with van der Waals surface area (Å²) in [5.74, 6) is 2.27. The summed E-state index contributed by atoms with van der Waals surface area (Å²) in [5.41, 5.74) is 0.844. The molecule has 1 unspecified atom stereocenters. The molecule has 1 N–H and O–H groups in total. The molecule has 1 atom stereocenters. The smallest absolute Gasteiger partial charge is 0.242 e. The van der Waals surface area contributed by atoms with Crippen LogP contribution in [0.25, 0.3) is 0 Å². The molecular formula is C14H19ClN2OS. The summed E-state index contributed by atoms with van der Waals surface area (Å²) in [4.78, 5) is 14.3. The molecule has 0 saturated carbocycles. The van der Waals surface area contributed by atoms with Gasteiger partial charge in [0.05, 0.1) is 0 Å². The van der Waals surface area contributed by atoms with E-state index < -0.39 is 5.38 Å². The largest absolute Gasteiger partial charge is 0.353 e. The summed E-state index contributed by atoms with van der Waals surface area (Å²) >= 11 is 8.14. The van der Waals surface area contributed by atoms with Gasteiger partial charge in [0.1, 0.15) is 5.38 Å². The van der Waals surface area contributed by atoms with Crippen molar-refractivity contribution in [2.75, 3.05) is 37.7 Å². The fourth-order valence-corrected chi connectivity index (χ4v) is 3.23. The molecule has 1 fully saturated rings. The second-order valence-electron chi connectivity index (χ2n) is 4.52. The van der Waals surface area contributed by atoms with E-state index in [1.54, 1.807) is 0 Å². The number of hydrogen-bond donors (Lipinski definition) is 1. The number of hydrogen-bond acceptors (Lipinski definition) is 3. The van der Waals surface area contributed by atoms with Crippen LogP contribution in [-0.2, 0) is 4.79 Å². The van der Waals surface area contributed by atoms with Gasteiger partial charge in [0.2, 0.25) is 5.91 Å². The first-order valence-corrected chi connectivity index (χ1v) is 8.13. The number of nitrogens with zero attached hydrogens (tertiary/aromatic N) is 1. The van der Waals surface area contributed by atoms with Crippen molar-refractivity contribution in [2.45, 2.75) is 5.38 Å². The molecule has 104 valence electrons. The highest BCUT2D eigenvalue weighted by Gasteiger charge is 2.17. The minimum absolute atomic E-state index is 0.112. The van der Waals surface area contributed by atoms with Crippen molar-refractivity contribution in [3.8, 4) is 0 Å². The zero-order valence-electron chi connectivity index (χ0n) is 10.8. The number of amides is 1. The molecule has 1 aromatic carbocycles. The molecule has 0 aromatic heterocycles. The summed E-state index contributed by atoms with van der Waals surface area (Å²) in [7, 11) is 0. The van der Waals surface area contributed by atoms with E-state index in [4.69, 9.17) is 11.6 Å². The number of nitrogens with one attached hydrogen (secondary N) is 1. The maximum atomic E-state index is 11.9. The van der Waals surface area contributed by atoms with E-state index in [1.807, 2.05) is 42.1 Å². The molecule has 1 aliphatic heterocycles. The van der Waals surface area contributed by atoms with Gasteiger partial charge in [-0.25, -0.2) is 0 Å². The quantitative estimate of drug-likeness (QED) is 0.845. The highest BCUT2D eigenvalue weighted by Crippen LogP contribution is 2.19. The number of thioether (sulfide) groups is 1. The zero-order valence-corrected chi connectivity index (χ0v) is 12.4. The average molecular weight is 299 g/mol. The standard InChI is InChI=1S/C14H19ClN2OS/c15-13(12-4-2-1-3-5-12)14(18)16-6-7-17-8-10-19-11-9-17/h1-5,13H,6-11H2,(H,16,18). The predicted molar refractivity (Wildman–Crippen MR) is 81.8 cm³/mol. The minimum Gasteiger partial charge on any atom is -0.353 e. The lowest BCUT2D eigenvalue weighted by atomic mass is 10.1. The van der Waals surface area contributed by atoms with Crippen LogP contribution >= 0.6 is 23.4 Å². The monoisotopic (exact) mass is 298 g/mol. The molecule has 1 heterocycles. The molecule has 0 radical (unpaired) electrons. The van der Waals surface area contributed by atoms with Crippen LogP contribution < -0.4 is 5.32 Å². The van der Waals surface area contributed by atoms with Gasteiger partial charge in [0.15, 0.2) is 0 Å². The summed E-state index contributed by atoms with van der Waals surface area (Å²) < 4.78 is 0. The van der Waals surface area contributed by atoms with Crippen molar-refractivity contribution in [1.29, 1.82) is 0 Å². The Bertz CT molecular complexity index is 396. The molecule has 1 aromatic rings. The molecule has 0 aliphatic carbocycles. The fourth-order valence-electron chi connectivity index (χ4n) is 2.02. The molecule has 0 spiro atoms. The maximum absolute atomic E-state index is 11.9. The third-order valence-corrected chi connectivity index (χ3v) is 4.55. The van der Waals surface area contributed by atoms with Crippen molar-refractivity contribution >= 4 is 29.3 Å². The number of carbonyl (C=O) groups is 1. The topological polar surface area (TPSA) is 32.3 Å². The summed E-state index contributed by atoms with van der Waals surface area (Å²) in [6, 6.07) is 9.45. The Hall–Kier alpha value is -0.710. The Morgan fingerprint density at radius 1 is 1.32 bits per heavy atom. The molecule has 1 aliphatic rings. The number of rotatable bonds is 5. The number of benzene rings is 1. The Labute approximate surface area is 123 Å². The molecule has 19 heavy (non-hydrogen) atoms. The lowest BCUT2D eigenvalue weighted by molar-refractivity contribution is -0.120. The summed E-state index contributed by atoms with van der Waals surface area (Å²) in [6.07, 6.45) is 0. The van der Waals surface area contributed by atoms with Crippen molar-refractivity contribution in [1.82, 2.24) is 10.2 Å². The first-order valence-electron chi connectivity index (χ1n) is 6.54. The van der Waals surface area contributed by atoms with E-state index in [-0.39, 0.29) is 5.91 Å². The highest BCUT2D eigenvalue weighted by molar-refractivity contribution is 7.99. The van der Waals surface area contributed by atoms with Gasteiger partial charge < -0.3 is 5.32 Å². The lowest BCUT2D eigenvalue weighted by Crippen LogP contribution is -2.39. The molecular weight excluding hydrogens is 280 g/mol. The fraction of sp³-hybridized carbons (Fsp3) is 0.500. The predicted octanol–water partition coefficient (Wildman–Crippen LogP) is 2.13. The van der Waals surface area contributed by atoms with E-state index in [9.17, 15) is 4.79 Å². The SMILES string of the molecule is O=C(NCCN1CCSCC1)C(Cl)c1ccccc1. The Kier molecular flexibility index (Phi) is 6.01. The van der Waals surface area contributed by atoms with E-state index in [2.05, 4.69) is 10.2 Å². The Morgan fingerprint density at radius 2 is 2.00 bits per heavy atom. The van der Waals surface area contributed by atoms with Crippen LogP contribution in [0.5, 0.6) is 0 Å². The Balaban J connectivity index is 1.72. The van der Waals surface area contributed by atoms with Crippen LogP contribution in [-0.4, -0.2) is 48.5 Å². The first kappa shape index (κ1) is 14.7. The van der Waals surface area contributed by atoms with Crippen LogP contribution in [0.2, 0.25) is 0 Å². The van der Waals surface area contributed by atoms with Crippen LogP contribution in [0, 0.1) is 0 Å². The Morgan fingerprint density at radius 3 is 2.68 bits per heavy atom. The average Bonchev–Trinajstić information content (AvgIpc) is 2.48. The van der Waals surface area contributed by atoms with Gasteiger partial charge in [0.25, 0.3) is 0 Å². The van der Waals surface area contributed by atoms with E-state index in [1.165, 1.54) is 11.5 Å². The van der Waals surface area contributed by atoms with Crippen molar-refractivity contribution in [2.24, 2.45) is 0 Å². The third-order valence-electron chi connectivity index (χ3n) is 3.15. The lowest BCUT2D eigenvalue weighted by Gasteiger charge is -2.26. The van der Waals surface area contributed by atoms with Crippen molar-refractivity contribution in [3.63, 3.8) is 0 Å². The normalized spacial score (nSPS) is 17.9. The number of carbonyl (C=O) groups excluding carboxylic acids is 1. The van der Waals surface area contributed by atoms with Gasteiger partial charge in [-0.3, -0.25) is 9.69 Å². The minimum atomic E-state index is -0.599. The van der Waals surface area contributed by atoms with Crippen molar-refractivity contribution < 1.29 is 4.79 Å². The summed E-state index contributed by atoms with van der Waals surface area (Å²) in [5, 5.41) is 2.31. The van der Waals surface area contributed by atoms with Crippen LogP contribution in [0.1, 0.15) is 10.9 Å². The van der Waals surface area contributed by atoms with Gasteiger partial charge in [-0.1, -0.05) is 30.3 Å². The van der Waals surface area contributed by atoms with Gasteiger partial charge in [-0.15, -0.1) is 11.6 Å². The highest BCUT2D eigenvalue weighted by atomic mass is 35.5. The molecule has 0 bridgehead atoms. The zero-order chi connectivity index (χ0) is 13.5. The van der Waals surface area contributed by atoms with Crippen molar-refractivity contribution in [3.05, 3.63) is 35.9 Å². The van der Waals surface area contributed by atoms with Gasteiger partial charge in [0, 0.05) is 37.7 Å². The van der Waals surface area contributed by atoms with Crippen LogP contribution in [0.4, 0.5) is 0 Å². The maximum Gasteiger partial charge on any atom is 0.242 e. The molecule has 3 nitrogen and oxygen atoms in total. The van der Waals surface area contributed by atoms with Crippen LogP contribution in [0.15, 0.2) is 30.3 Å². The van der Waals surface area contributed by atoms with Gasteiger partial charge in [-0.05, 0) is 5.56 Å². The summed E-state index contributed by atoms with van der Waals surface area (Å²) in [6.45, 7) is 3.80. The second kappa shape index (κ2) is 7.78. The molecule has 2 rings (SSSR count). The first-order chi connectivity index (χ1) is 9.27.